The highest BCUT2D eigenvalue weighted by atomic mass is 16.2. The minimum atomic E-state index is -0.132. The second kappa shape index (κ2) is 14.0. The number of hydrogen-bond donors (Lipinski definition) is 1. The molecule has 1 amide bonds. The molecule has 0 bridgehead atoms. The predicted octanol–water partition coefficient (Wildman–Crippen LogP) is 5.00. The molecule has 174 valence electrons. The predicted molar refractivity (Wildman–Crippen MR) is 130 cm³/mol. The van der Waals surface area contributed by atoms with E-state index in [1.165, 1.54) is 63.4 Å². The molecule has 2 fully saturated rings. The number of nitrogens with zero attached hydrogens (tertiary/aromatic N) is 3. The number of nitrogens with one attached hydrogen (secondary N) is 1. The molecular formula is C27H40N4O. The van der Waals surface area contributed by atoms with Gasteiger partial charge in [-0.3, -0.25) is 9.69 Å². The van der Waals surface area contributed by atoms with E-state index < -0.39 is 0 Å². The van der Waals surface area contributed by atoms with Crippen molar-refractivity contribution in [3.8, 4) is 6.07 Å². The number of benzene rings is 1. The van der Waals surface area contributed by atoms with Gasteiger partial charge in [-0.2, -0.15) is 5.26 Å². The molecule has 1 aliphatic heterocycles. The van der Waals surface area contributed by atoms with E-state index in [0.29, 0.717) is 19.1 Å². The van der Waals surface area contributed by atoms with Crippen molar-refractivity contribution in [2.24, 2.45) is 0 Å². The summed E-state index contributed by atoms with van der Waals surface area (Å²) in [5, 5.41) is 13.1. The monoisotopic (exact) mass is 436 g/mol. The van der Waals surface area contributed by atoms with Crippen molar-refractivity contribution in [1.82, 2.24) is 15.1 Å². The summed E-state index contributed by atoms with van der Waals surface area (Å²) in [6.45, 7) is 3.94. The second-order valence-corrected chi connectivity index (χ2v) is 9.35. The highest BCUT2D eigenvalue weighted by Crippen LogP contribution is 2.17. The Morgan fingerprint density at radius 3 is 2.03 bits per heavy atom. The van der Waals surface area contributed by atoms with Crippen LogP contribution in [0.1, 0.15) is 76.2 Å². The molecule has 2 aliphatic rings. The molecule has 0 radical (unpaired) electrons. The average Bonchev–Trinajstić information content (AvgIpc) is 2.82. The van der Waals surface area contributed by atoms with Crippen molar-refractivity contribution in [2.45, 2.75) is 83.2 Å². The molecule has 0 spiro atoms. The molecule has 32 heavy (non-hydrogen) atoms. The average molecular weight is 437 g/mol. The number of hydrogen-bond acceptors (Lipinski definition) is 4. The van der Waals surface area contributed by atoms with E-state index in [0.717, 1.165) is 32.5 Å². The number of piperazine rings is 1. The Kier molecular flexibility index (Phi) is 10.6. The number of carbonyl (C=O) groups is 1. The van der Waals surface area contributed by atoms with Gasteiger partial charge in [0.2, 0.25) is 0 Å². The summed E-state index contributed by atoms with van der Waals surface area (Å²) < 4.78 is 0. The lowest BCUT2D eigenvalue weighted by molar-refractivity contribution is -0.128. The van der Waals surface area contributed by atoms with Crippen LogP contribution in [-0.2, 0) is 11.3 Å². The Balaban J connectivity index is 1.48. The normalized spacial score (nSPS) is 20.6. The molecule has 0 unspecified atom stereocenters. The van der Waals surface area contributed by atoms with Gasteiger partial charge < -0.3 is 10.2 Å². The molecule has 1 saturated heterocycles. The number of amides is 1. The summed E-state index contributed by atoms with van der Waals surface area (Å²) in [5.41, 5.74) is 1.54. The van der Waals surface area contributed by atoms with E-state index >= 15 is 0 Å². The molecule has 1 aromatic carbocycles. The molecule has 1 saturated carbocycles. The molecule has 0 aromatic heterocycles. The fourth-order valence-corrected chi connectivity index (χ4v) is 4.79. The van der Waals surface area contributed by atoms with Crippen LogP contribution in [0.2, 0.25) is 0 Å². The molecular weight excluding hydrogens is 396 g/mol. The third kappa shape index (κ3) is 8.31. The van der Waals surface area contributed by atoms with Crippen LogP contribution in [0.15, 0.2) is 42.1 Å². The lowest BCUT2D eigenvalue weighted by atomic mass is 9.98. The maximum Gasteiger partial charge on any atom is 0.266 e. The Labute approximate surface area is 194 Å². The molecule has 1 heterocycles. The molecule has 1 aromatic rings. The van der Waals surface area contributed by atoms with Crippen LogP contribution >= 0.6 is 0 Å². The standard InChI is InChI=1S/C27H40N4O/c28-21-25(22-29-26-15-11-6-4-2-1-3-5-7-12-16-26)27(32)31-19-17-30(18-20-31)23-24-13-9-8-10-14-24/h8-10,13-14,22,26,29H,1-7,11-12,15-20,23H2/b25-22-. The summed E-state index contributed by atoms with van der Waals surface area (Å²) in [7, 11) is 0. The highest BCUT2D eigenvalue weighted by molar-refractivity contribution is 5.97. The van der Waals surface area contributed by atoms with Gasteiger partial charge in [0.1, 0.15) is 11.6 Å². The molecule has 5 heteroatoms. The minimum absolute atomic E-state index is 0.132. The van der Waals surface area contributed by atoms with E-state index in [1.54, 1.807) is 6.20 Å². The largest absolute Gasteiger partial charge is 0.387 e. The first-order chi connectivity index (χ1) is 15.8. The van der Waals surface area contributed by atoms with E-state index in [2.05, 4.69) is 40.6 Å². The summed E-state index contributed by atoms with van der Waals surface area (Å²) in [5.74, 6) is -0.132. The van der Waals surface area contributed by atoms with Gasteiger partial charge in [0.05, 0.1) is 0 Å². The lowest BCUT2D eigenvalue weighted by Crippen LogP contribution is -2.48. The molecule has 1 aliphatic carbocycles. The van der Waals surface area contributed by atoms with Gasteiger partial charge in [-0.25, -0.2) is 0 Å². The van der Waals surface area contributed by atoms with Gasteiger partial charge in [0.25, 0.3) is 5.91 Å². The van der Waals surface area contributed by atoms with Crippen molar-refractivity contribution in [1.29, 1.82) is 5.26 Å². The number of nitriles is 1. The summed E-state index contributed by atoms with van der Waals surface area (Å²) in [6.07, 6.45) is 15.8. The van der Waals surface area contributed by atoms with E-state index in [-0.39, 0.29) is 11.5 Å². The Hall–Kier alpha value is -2.32. The number of carbonyl (C=O) groups excluding carboxylic acids is 1. The zero-order valence-corrected chi connectivity index (χ0v) is 19.6. The van der Waals surface area contributed by atoms with Crippen molar-refractivity contribution >= 4 is 5.91 Å². The zero-order chi connectivity index (χ0) is 22.4. The summed E-state index contributed by atoms with van der Waals surface area (Å²) in [4.78, 5) is 17.2. The second-order valence-electron chi connectivity index (χ2n) is 9.35. The Morgan fingerprint density at radius 2 is 1.47 bits per heavy atom. The quantitative estimate of drug-likeness (QED) is 0.521. The zero-order valence-electron chi connectivity index (χ0n) is 19.6. The third-order valence-electron chi connectivity index (χ3n) is 6.83. The smallest absolute Gasteiger partial charge is 0.266 e. The van der Waals surface area contributed by atoms with Crippen LogP contribution in [0.4, 0.5) is 0 Å². The van der Waals surface area contributed by atoms with Crippen molar-refractivity contribution in [2.75, 3.05) is 26.2 Å². The van der Waals surface area contributed by atoms with E-state index in [9.17, 15) is 10.1 Å². The highest BCUT2D eigenvalue weighted by Gasteiger charge is 2.24. The van der Waals surface area contributed by atoms with Crippen molar-refractivity contribution < 1.29 is 4.79 Å². The van der Waals surface area contributed by atoms with Crippen LogP contribution in [0.25, 0.3) is 0 Å². The number of rotatable bonds is 5. The molecule has 1 N–H and O–H groups in total. The van der Waals surface area contributed by atoms with Crippen LogP contribution < -0.4 is 5.32 Å². The Morgan fingerprint density at radius 1 is 0.906 bits per heavy atom. The van der Waals surface area contributed by atoms with Gasteiger partial charge in [0, 0.05) is 45.0 Å². The van der Waals surface area contributed by atoms with E-state index in [4.69, 9.17) is 0 Å². The van der Waals surface area contributed by atoms with Crippen LogP contribution in [0, 0.1) is 11.3 Å². The van der Waals surface area contributed by atoms with Gasteiger partial charge in [0.15, 0.2) is 0 Å². The van der Waals surface area contributed by atoms with Crippen LogP contribution in [0.5, 0.6) is 0 Å². The Bertz CT molecular complexity index is 735. The van der Waals surface area contributed by atoms with E-state index in [1.807, 2.05) is 11.0 Å². The maximum atomic E-state index is 13.0. The topological polar surface area (TPSA) is 59.4 Å². The van der Waals surface area contributed by atoms with Gasteiger partial charge in [-0.1, -0.05) is 88.1 Å². The summed E-state index contributed by atoms with van der Waals surface area (Å²) >= 11 is 0. The molecule has 3 rings (SSSR count). The van der Waals surface area contributed by atoms with Crippen molar-refractivity contribution in [3.05, 3.63) is 47.7 Å². The SMILES string of the molecule is N#C/C(=C/NC1CCCCCCCCCCC1)C(=O)N1CCN(Cc2ccccc2)CC1. The minimum Gasteiger partial charge on any atom is -0.387 e. The fraction of sp³-hybridized carbons (Fsp3) is 0.630. The lowest BCUT2D eigenvalue weighted by Gasteiger charge is -2.34. The first-order valence-electron chi connectivity index (χ1n) is 12.7. The third-order valence-corrected chi connectivity index (χ3v) is 6.83. The van der Waals surface area contributed by atoms with Gasteiger partial charge >= 0.3 is 0 Å². The fourth-order valence-electron chi connectivity index (χ4n) is 4.79. The van der Waals surface area contributed by atoms with Gasteiger partial charge in [-0.05, 0) is 18.4 Å². The maximum absolute atomic E-state index is 13.0. The van der Waals surface area contributed by atoms with Crippen LogP contribution in [0.3, 0.4) is 0 Å². The van der Waals surface area contributed by atoms with Gasteiger partial charge in [-0.15, -0.1) is 0 Å². The first-order valence-corrected chi connectivity index (χ1v) is 12.7. The van der Waals surface area contributed by atoms with Crippen LogP contribution in [-0.4, -0.2) is 47.9 Å². The van der Waals surface area contributed by atoms with Crippen molar-refractivity contribution in [3.63, 3.8) is 0 Å². The molecule has 0 atom stereocenters. The first kappa shape index (κ1) is 24.3. The molecule has 5 nitrogen and oxygen atoms in total. The summed E-state index contributed by atoms with van der Waals surface area (Å²) in [6, 6.07) is 13.0.